The summed E-state index contributed by atoms with van der Waals surface area (Å²) < 4.78 is 13.5. The van der Waals surface area contributed by atoms with E-state index < -0.39 is 0 Å². The van der Waals surface area contributed by atoms with Crippen LogP contribution in [0.1, 0.15) is 15.9 Å². The summed E-state index contributed by atoms with van der Waals surface area (Å²) in [5.41, 5.74) is 2.03. The average Bonchev–Trinajstić information content (AvgIpc) is 2.56. The molecule has 0 fully saturated rings. The van der Waals surface area contributed by atoms with Crippen LogP contribution in [0.4, 0.5) is 4.39 Å². The van der Waals surface area contributed by atoms with Crippen molar-refractivity contribution in [2.45, 2.75) is 6.42 Å². The summed E-state index contributed by atoms with van der Waals surface area (Å²) >= 11 is 0. The molecule has 1 aromatic carbocycles. The van der Waals surface area contributed by atoms with E-state index in [1.807, 2.05) is 0 Å². The van der Waals surface area contributed by atoms with Crippen LogP contribution in [-0.4, -0.2) is 27.4 Å². The number of carbonyl (C=O) groups excluding carboxylic acids is 1. The zero-order chi connectivity index (χ0) is 15.4. The number of pyridine rings is 1. The first kappa shape index (κ1) is 14.1. The molecule has 0 bridgehead atoms. The number of benzene rings is 1. The van der Waals surface area contributed by atoms with Gasteiger partial charge in [-0.1, -0.05) is 18.2 Å². The van der Waals surface area contributed by atoms with Gasteiger partial charge in [-0.3, -0.25) is 9.78 Å². The van der Waals surface area contributed by atoms with Gasteiger partial charge in [0.2, 0.25) is 0 Å². The fraction of sp³-hybridized carbons (Fsp3) is 0.125. The number of nitrogens with one attached hydrogen (secondary N) is 1. The van der Waals surface area contributed by atoms with Gasteiger partial charge in [-0.2, -0.15) is 0 Å². The smallest absolute Gasteiger partial charge is 0.252 e. The molecule has 0 unspecified atom stereocenters. The Morgan fingerprint density at radius 2 is 1.95 bits per heavy atom. The highest BCUT2D eigenvalue weighted by atomic mass is 19.1. The van der Waals surface area contributed by atoms with Crippen molar-refractivity contribution in [3.05, 3.63) is 65.9 Å². The minimum Gasteiger partial charge on any atom is -0.352 e. The van der Waals surface area contributed by atoms with Crippen LogP contribution in [0.25, 0.3) is 11.2 Å². The number of aromatic nitrogens is 3. The Morgan fingerprint density at radius 3 is 2.82 bits per heavy atom. The van der Waals surface area contributed by atoms with Crippen LogP contribution in [-0.2, 0) is 6.42 Å². The van der Waals surface area contributed by atoms with E-state index >= 15 is 0 Å². The SMILES string of the molecule is O=C(NCCc1ccccc1F)c1cnc2nccnc2c1. The Kier molecular flexibility index (Phi) is 4.00. The first-order chi connectivity index (χ1) is 10.7. The summed E-state index contributed by atoms with van der Waals surface area (Å²) in [7, 11) is 0. The van der Waals surface area contributed by atoms with Crippen LogP contribution in [0.5, 0.6) is 0 Å². The molecule has 0 aliphatic rings. The van der Waals surface area contributed by atoms with E-state index in [9.17, 15) is 9.18 Å². The monoisotopic (exact) mass is 296 g/mol. The molecule has 22 heavy (non-hydrogen) atoms. The van der Waals surface area contributed by atoms with Crippen LogP contribution >= 0.6 is 0 Å². The van der Waals surface area contributed by atoms with Crippen LogP contribution in [0.2, 0.25) is 0 Å². The summed E-state index contributed by atoms with van der Waals surface area (Å²) in [5.74, 6) is -0.532. The number of nitrogens with zero attached hydrogens (tertiary/aromatic N) is 3. The van der Waals surface area contributed by atoms with Crippen molar-refractivity contribution in [2.24, 2.45) is 0 Å². The largest absolute Gasteiger partial charge is 0.352 e. The molecule has 110 valence electrons. The van der Waals surface area contributed by atoms with E-state index in [1.165, 1.54) is 12.3 Å². The van der Waals surface area contributed by atoms with Gasteiger partial charge in [0.05, 0.1) is 5.56 Å². The first-order valence-electron chi connectivity index (χ1n) is 6.82. The average molecular weight is 296 g/mol. The second-order valence-electron chi connectivity index (χ2n) is 4.72. The lowest BCUT2D eigenvalue weighted by Crippen LogP contribution is -2.26. The van der Waals surface area contributed by atoms with Gasteiger partial charge < -0.3 is 5.32 Å². The molecule has 3 aromatic rings. The standard InChI is InChI=1S/C16H13FN4O/c17-13-4-2-1-3-11(13)5-6-20-16(22)12-9-14-15(21-10-12)19-8-7-18-14/h1-4,7-10H,5-6H2,(H,20,22). The zero-order valence-electron chi connectivity index (χ0n) is 11.7. The second kappa shape index (κ2) is 6.26. The van der Waals surface area contributed by atoms with Gasteiger partial charge in [-0.15, -0.1) is 0 Å². The van der Waals surface area contributed by atoms with Gasteiger partial charge in [0, 0.05) is 25.1 Å². The third-order valence-corrected chi connectivity index (χ3v) is 3.22. The van der Waals surface area contributed by atoms with Crippen molar-refractivity contribution in [1.82, 2.24) is 20.3 Å². The van der Waals surface area contributed by atoms with E-state index in [1.54, 1.807) is 36.7 Å². The highest BCUT2D eigenvalue weighted by Crippen LogP contribution is 2.08. The molecule has 6 heteroatoms. The topological polar surface area (TPSA) is 67.8 Å². The Bertz CT molecular complexity index is 822. The molecular weight excluding hydrogens is 283 g/mol. The molecule has 2 heterocycles. The van der Waals surface area contributed by atoms with Crippen molar-refractivity contribution in [2.75, 3.05) is 6.54 Å². The number of hydrogen-bond acceptors (Lipinski definition) is 4. The lowest BCUT2D eigenvalue weighted by molar-refractivity contribution is 0.0954. The minimum atomic E-state index is -0.267. The van der Waals surface area contributed by atoms with Crippen molar-refractivity contribution in [3.63, 3.8) is 0 Å². The van der Waals surface area contributed by atoms with Crippen molar-refractivity contribution in [1.29, 1.82) is 0 Å². The molecule has 5 nitrogen and oxygen atoms in total. The summed E-state index contributed by atoms with van der Waals surface area (Å²) in [5, 5.41) is 2.75. The molecule has 1 N–H and O–H groups in total. The van der Waals surface area contributed by atoms with Crippen LogP contribution in [0.3, 0.4) is 0 Å². The van der Waals surface area contributed by atoms with Crippen molar-refractivity contribution < 1.29 is 9.18 Å². The molecule has 1 amide bonds. The van der Waals surface area contributed by atoms with Gasteiger partial charge in [0.1, 0.15) is 11.3 Å². The fourth-order valence-electron chi connectivity index (χ4n) is 2.10. The van der Waals surface area contributed by atoms with E-state index in [4.69, 9.17) is 0 Å². The number of halogens is 1. The first-order valence-corrected chi connectivity index (χ1v) is 6.82. The molecule has 0 aliphatic heterocycles. The van der Waals surface area contributed by atoms with Gasteiger partial charge >= 0.3 is 0 Å². The van der Waals surface area contributed by atoms with Gasteiger partial charge in [-0.05, 0) is 24.1 Å². The molecule has 0 saturated carbocycles. The molecular formula is C16H13FN4O. The van der Waals surface area contributed by atoms with Crippen LogP contribution in [0.15, 0.2) is 48.9 Å². The quantitative estimate of drug-likeness (QED) is 0.801. The Balaban J connectivity index is 1.65. The number of fused-ring (bicyclic) bond motifs is 1. The third-order valence-electron chi connectivity index (χ3n) is 3.22. The number of amides is 1. The van der Waals surface area contributed by atoms with Crippen molar-refractivity contribution in [3.8, 4) is 0 Å². The maximum Gasteiger partial charge on any atom is 0.252 e. The summed E-state index contributed by atoms with van der Waals surface area (Å²) in [4.78, 5) is 24.3. The summed E-state index contributed by atoms with van der Waals surface area (Å²) in [6, 6.07) is 8.15. The molecule has 0 atom stereocenters. The van der Waals surface area contributed by atoms with Gasteiger partial charge in [0.25, 0.3) is 5.91 Å². The predicted octanol–water partition coefficient (Wildman–Crippen LogP) is 2.14. The molecule has 0 saturated heterocycles. The molecule has 3 rings (SSSR count). The predicted molar refractivity (Wildman–Crippen MR) is 79.8 cm³/mol. The molecule has 0 radical (unpaired) electrons. The molecule has 0 spiro atoms. The molecule has 0 aliphatic carbocycles. The highest BCUT2D eigenvalue weighted by Gasteiger charge is 2.08. The Hall–Kier alpha value is -2.89. The van der Waals surface area contributed by atoms with Gasteiger partial charge in [-0.25, -0.2) is 14.4 Å². The Labute approximate surface area is 126 Å². The second-order valence-corrected chi connectivity index (χ2v) is 4.72. The summed E-state index contributed by atoms with van der Waals surface area (Å²) in [6.45, 7) is 0.346. The number of rotatable bonds is 4. The normalized spacial score (nSPS) is 10.6. The summed E-state index contributed by atoms with van der Waals surface area (Å²) in [6.07, 6.45) is 4.97. The van der Waals surface area contributed by atoms with E-state index in [0.717, 1.165) is 0 Å². The van der Waals surface area contributed by atoms with Crippen LogP contribution < -0.4 is 5.32 Å². The van der Waals surface area contributed by atoms with Gasteiger partial charge in [0.15, 0.2) is 5.65 Å². The van der Waals surface area contributed by atoms with Crippen molar-refractivity contribution >= 4 is 17.1 Å². The highest BCUT2D eigenvalue weighted by molar-refractivity contribution is 5.96. The third kappa shape index (κ3) is 3.06. The maximum absolute atomic E-state index is 13.5. The minimum absolute atomic E-state index is 0.264. The lowest BCUT2D eigenvalue weighted by atomic mass is 10.1. The number of hydrogen-bond donors (Lipinski definition) is 1. The van der Waals surface area contributed by atoms with E-state index in [2.05, 4.69) is 20.3 Å². The van der Waals surface area contributed by atoms with E-state index in [0.29, 0.717) is 35.3 Å². The maximum atomic E-state index is 13.5. The lowest BCUT2D eigenvalue weighted by Gasteiger charge is -2.06. The zero-order valence-corrected chi connectivity index (χ0v) is 11.7. The number of carbonyl (C=O) groups is 1. The van der Waals surface area contributed by atoms with Crippen LogP contribution in [0, 0.1) is 5.82 Å². The van der Waals surface area contributed by atoms with E-state index in [-0.39, 0.29) is 11.7 Å². The fourth-order valence-corrected chi connectivity index (χ4v) is 2.10. The molecule has 2 aromatic heterocycles. The Morgan fingerprint density at radius 1 is 1.14 bits per heavy atom.